The number of carbonyl (C=O) groups is 1. The van der Waals surface area contributed by atoms with Crippen LogP contribution in [0.5, 0.6) is 0 Å². The standard InChI is InChI=1S/C9H8O2S.Na/c10-5-6-1-2-8-7(9(6)11)3-4-12-8;/h3-5,10H,1-2H2;/q;+1/p-1. The van der Waals surface area contributed by atoms with E-state index in [0.29, 0.717) is 18.3 Å². The van der Waals surface area contributed by atoms with E-state index in [0.717, 1.165) is 16.9 Å². The SMILES string of the molecule is O=C1C(=C[O-])CCc2sccc21.[Na+]. The van der Waals surface area contributed by atoms with Crippen LogP contribution >= 0.6 is 11.3 Å². The molecule has 0 spiro atoms. The zero-order chi connectivity index (χ0) is 8.55. The second-order valence-corrected chi connectivity index (χ2v) is 3.73. The van der Waals surface area contributed by atoms with Crippen LogP contribution in [0, 0.1) is 0 Å². The number of allylic oxidation sites excluding steroid dienone is 1. The van der Waals surface area contributed by atoms with Gasteiger partial charge in [0.2, 0.25) is 0 Å². The van der Waals surface area contributed by atoms with Gasteiger partial charge in [0.1, 0.15) is 0 Å². The van der Waals surface area contributed by atoms with Gasteiger partial charge in [-0.2, -0.15) is 0 Å². The van der Waals surface area contributed by atoms with E-state index in [-0.39, 0.29) is 35.3 Å². The fourth-order valence-corrected chi connectivity index (χ4v) is 2.26. The van der Waals surface area contributed by atoms with Gasteiger partial charge in [0.25, 0.3) is 0 Å². The van der Waals surface area contributed by atoms with Gasteiger partial charge >= 0.3 is 29.6 Å². The molecule has 0 aromatic carbocycles. The third kappa shape index (κ3) is 1.89. The van der Waals surface area contributed by atoms with Crippen LogP contribution in [0.1, 0.15) is 21.7 Å². The molecule has 4 heteroatoms. The van der Waals surface area contributed by atoms with Crippen molar-refractivity contribution in [3.8, 4) is 0 Å². The van der Waals surface area contributed by atoms with Crippen LogP contribution in [0.2, 0.25) is 0 Å². The van der Waals surface area contributed by atoms with Crippen molar-refractivity contribution < 1.29 is 39.5 Å². The molecule has 0 aliphatic heterocycles. The number of rotatable bonds is 0. The van der Waals surface area contributed by atoms with Crippen LogP contribution in [0.4, 0.5) is 0 Å². The van der Waals surface area contributed by atoms with Gasteiger partial charge in [-0.15, -0.1) is 17.6 Å². The van der Waals surface area contributed by atoms with E-state index in [1.807, 2.05) is 5.38 Å². The van der Waals surface area contributed by atoms with E-state index in [2.05, 4.69) is 0 Å². The first-order chi connectivity index (χ1) is 5.83. The largest absolute Gasteiger partial charge is 1.00 e. The molecule has 2 nitrogen and oxygen atoms in total. The zero-order valence-corrected chi connectivity index (χ0v) is 10.2. The molecule has 1 aliphatic carbocycles. The Morgan fingerprint density at radius 3 is 2.92 bits per heavy atom. The minimum absolute atomic E-state index is 0. The molecule has 0 fully saturated rings. The van der Waals surface area contributed by atoms with E-state index in [1.165, 1.54) is 0 Å². The van der Waals surface area contributed by atoms with E-state index in [9.17, 15) is 9.90 Å². The number of carbonyl (C=O) groups excluding carboxylic acids is 1. The molecule has 0 atom stereocenters. The Hall–Kier alpha value is -0.0900. The molecule has 0 bridgehead atoms. The van der Waals surface area contributed by atoms with Crippen LogP contribution in [-0.4, -0.2) is 5.78 Å². The summed E-state index contributed by atoms with van der Waals surface area (Å²) in [7, 11) is 0. The summed E-state index contributed by atoms with van der Waals surface area (Å²) in [6.45, 7) is 0. The van der Waals surface area contributed by atoms with Gasteiger partial charge in [-0.25, -0.2) is 0 Å². The quantitative estimate of drug-likeness (QED) is 0.281. The molecule has 0 unspecified atom stereocenters. The summed E-state index contributed by atoms with van der Waals surface area (Å²) in [6.07, 6.45) is 2.13. The molecule has 62 valence electrons. The molecule has 1 heterocycles. The summed E-state index contributed by atoms with van der Waals surface area (Å²) >= 11 is 1.59. The Labute approximate surface area is 103 Å². The van der Waals surface area contributed by atoms with Crippen LogP contribution in [0.3, 0.4) is 0 Å². The summed E-state index contributed by atoms with van der Waals surface area (Å²) in [6, 6.07) is 1.80. The summed E-state index contributed by atoms with van der Waals surface area (Å²) < 4.78 is 0. The summed E-state index contributed by atoms with van der Waals surface area (Å²) in [5.41, 5.74) is 1.15. The normalized spacial score (nSPS) is 18.2. The molecule has 0 saturated heterocycles. The molecule has 1 aliphatic rings. The fraction of sp³-hybridized carbons (Fsp3) is 0.222. The van der Waals surface area contributed by atoms with Crippen molar-refractivity contribution in [3.63, 3.8) is 0 Å². The molecule has 0 saturated carbocycles. The Bertz CT molecular complexity index is 354. The number of hydrogen-bond donors (Lipinski definition) is 0. The Morgan fingerprint density at radius 2 is 2.23 bits per heavy atom. The predicted molar refractivity (Wildman–Crippen MR) is 45.1 cm³/mol. The maximum Gasteiger partial charge on any atom is 1.00 e. The minimum Gasteiger partial charge on any atom is -0.878 e. The van der Waals surface area contributed by atoms with E-state index in [4.69, 9.17) is 0 Å². The Morgan fingerprint density at radius 1 is 1.46 bits per heavy atom. The average molecular weight is 202 g/mol. The first-order valence-corrected chi connectivity index (χ1v) is 4.63. The van der Waals surface area contributed by atoms with Crippen molar-refractivity contribution in [1.29, 1.82) is 0 Å². The average Bonchev–Trinajstić information content (AvgIpc) is 2.53. The van der Waals surface area contributed by atoms with Crippen molar-refractivity contribution in [3.05, 3.63) is 33.7 Å². The third-order valence-corrected chi connectivity index (χ3v) is 3.03. The molecule has 1 aromatic heterocycles. The predicted octanol–water partition coefficient (Wildman–Crippen LogP) is -1.87. The minimum atomic E-state index is -0.0764. The number of ketones is 1. The number of Topliss-reactive ketones (excluding diaryl/α,β-unsaturated/α-hetero) is 1. The van der Waals surface area contributed by atoms with Crippen LogP contribution in [0.15, 0.2) is 23.3 Å². The van der Waals surface area contributed by atoms with Gasteiger partial charge < -0.3 is 5.11 Å². The van der Waals surface area contributed by atoms with E-state index in [1.54, 1.807) is 17.4 Å². The third-order valence-electron chi connectivity index (χ3n) is 2.05. The number of thiophene rings is 1. The smallest absolute Gasteiger partial charge is 0.878 e. The Balaban J connectivity index is 0.000000845. The van der Waals surface area contributed by atoms with Crippen molar-refractivity contribution in [2.75, 3.05) is 0 Å². The van der Waals surface area contributed by atoms with Gasteiger partial charge in [0.15, 0.2) is 5.78 Å². The van der Waals surface area contributed by atoms with Crippen molar-refractivity contribution in [2.45, 2.75) is 12.8 Å². The van der Waals surface area contributed by atoms with Crippen LogP contribution < -0.4 is 34.7 Å². The Kier molecular flexibility index (Phi) is 3.74. The number of fused-ring (bicyclic) bond motifs is 1. The molecule has 1 aromatic rings. The van der Waals surface area contributed by atoms with Crippen molar-refractivity contribution >= 4 is 17.1 Å². The zero-order valence-electron chi connectivity index (χ0n) is 7.37. The maximum absolute atomic E-state index is 11.4. The molecule has 13 heavy (non-hydrogen) atoms. The van der Waals surface area contributed by atoms with Crippen LogP contribution in [-0.2, 0) is 6.42 Å². The van der Waals surface area contributed by atoms with E-state index < -0.39 is 0 Å². The number of aryl methyl sites for hydroxylation is 1. The van der Waals surface area contributed by atoms with Crippen LogP contribution in [0.25, 0.3) is 0 Å². The summed E-state index contributed by atoms with van der Waals surface area (Å²) in [4.78, 5) is 12.6. The molecule has 2 rings (SSSR count). The maximum atomic E-state index is 11.4. The topological polar surface area (TPSA) is 40.1 Å². The second kappa shape index (κ2) is 4.42. The van der Waals surface area contributed by atoms with Crippen molar-refractivity contribution in [2.24, 2.45) is 0 Å². The molecule has 0 amide bonds. The first-order valence-electron chi connectivity index (χ1n) is 3.75. The summed E-state index contributed by atoms with van der Waals surface area (Å²) in [5.74, 6) is -0.0764. The van der Waals surface area contributed by atoms with Gasteiger partial charge in [0.05, 0.1) is 0 Å². The second-order valence-electron chi connectivity index (χ2n) is 2.73. The molecular weight excluding hydrogens is 195 g/mol. The first kappa shape index (κ1) is 11.0. The monoisotopic (exact) mass is 202 g/mol. The number of hydrogen-bond acceptors (Lipinski definition) is 3. The van der Waals surface area contributed by atoms with Crippen molar-refractivity contribution in [1.82, 2.24) is 0 Å². The molecule has 0 N–H and O–H groups in total. The molecular formula is C9H7NaO2S. The van der Waals surface area contributed by atoms with Gasteiger partial charge in [-0.05, 0) is 29.9 Å². The van der Waals surface area contributed by atoms with Gasteiger partial charge in [-0.3, -0.25) is 4.79 Å². The fourth-order valence-electron chi connectivity index (χ4n) is 1.38. The van der Waals surface area contributed by atoms with Gasteiger partial charge in [-0.1, -0.05) is 0 Å². The molecule has 0 radical (unpaired) electrons. The van der Waals surface area contributed by atoms with E-state index >= 15 is 0 Å². The summed E-state index contributed by atoms with van der Waals surface area (Å²) in [5, 5.41) is 12.3. The van der Waals surface area contributed by atoms with Gasteiger partial charge in [0, 0.05) is 10.4 Å².